The summed E-state index contributed by atoms with van der Waals surface area (Å²) in [6, 6.07) is 7.30. The van der Waals surface area contributed by atoms with E-state index in [-0.39, 0.29) is 0 Å². The molecule has 0 spiro atoms. The molecule has 0 saturated carbocycles. The Labute approximate surface area is 172 Å². The molecule has 0 bridgehead atoms. The van der Waals surface area contributed by atoms with Gasteiger partial charge < -0.3 is 5.32 Å². The van der Waals surface area contributed by atoms with Gasteiger partial charge in [-0.25, -0.2) is 18.4 Å². The zero-order chi connectivity index (χ0) is 21.3. The summed E-state index contributed by atoms with van der Waals surface area (Å²) in [5.74, 6) is 2.17. The third kappa shape index (κ3) is 4.32. The van der Waals surface area contributed by atoms with Gasteiger partial charge in [0.05, 0.1) is 15.8 Å². The van der Waals surface area contributed by atoms with Crippen molar-refractivity contribution in [3.8, 4) is 0 Å². The fraction of sp³-hybridized carbons (Fsp3) is 0.381. The molecule has 7 nitrogen and oxygen atoms in total. The Bertz CT molecular complexity index is 1150. The van der Waals surface area contributed by atoms with Gasteiger partial charge in [-0.2, -0.15) is 5.10 Å². The van der Waals surface area contributed by atoms with E-state index in [0.29, 0.717) is 23.0 Å². The third-order valence-electron chi connectivity index (χ3n) is 5.02. The smallest absolute Gasteiger partial charge is 0.180 e. The van der Waals surface area contributed by atoms with Crippen molar-refractivity contribution in [1.29, 1.82) is 0 Å². The number of rotatable bonds is 6. The topological polar surface area (TPSA) is 89.8 Å². The van der Waals surface area contributed by atoms with Gasteiger partial charge in [0.25, 0.3) is 0 Å². The largest absolute Gasteiger partial charge is 0.325 e. The predicted molar refractivity (Wildman–Crippen MR) is 114 cm³/mol. The second-order valence-electron chi connectivity index (χ2n) is 7.54. The van der Waals surface area contributed by atoms with Crippen LogP contribution in [0, 0.1) is 20.8 Å². The summed E-state index contributed by atoms with van der Waals surface area (Å²) in [5.41, 5.74) is 3.64. The van der Waals surface area contributed by atoms with Crippen LogP contribution in [-0.4, -0.2) is 33.4 Å². The summed E-state index contributed by atoms with van der Waals surface area (Å²) < 4.78 is 27.0. The summed E-state index contributed by atoms with van der Waals surface area (Å²) >= 11 is 0. The van der Waals surface area contributed by atoms with E-state index in [4.69, 9.17) is 0 Å². The Morgan fingerprint density at radius 2 is 1.86 bits per heavy atom. The van der Waals surface area contributed by atoms with Gasteiger partial charge in [-0.05, 0) is 57.9 Å². The molecule has 3 aromatic rings. The fourth-order valence-electron chi connectivity index (χ4n) is 3.11. The van der Waals surface area contributed by atoms with E-state index in [1.807, 2.05) is 40.0 Å². The average molecular weight is 414 g/mol. The van der Waals surface area contributed by atoms with Crippen molar-refractivity contribution >= 4 is 21.5 Å². The molecule has 0 aliphatic heterocycles. The maximum absolute atomic E-state index is 12.6. The second-order valence-corrected chi connectivity index (χ2v) is 10.0. The zero-order valence-corrected chi connectivity index (χ0v) is 18.5. The predicted octanol–water partition coefficient (Wildman–Crippen LogP) is 3.65. The minimum atomic E-state index is -3.34. The van der Waals surface area contributed by atoms with Crippen molar-refractivity contribution in [2.75, 3.05) is 5.32 Å². The number of nitrogens with zero attached hydrogens (tertiary/aromatic N) is 4. The normalized spacial score (nSPS) is 11.8. The third-order valence-corrected chi connectivity index (χ3v) is 7.31. The first-order valence-electron chi connectivity index (χ1n) is 9.52. The fourth-order valence-corrected chi connectivity index (χ4v) is 4.45. The van der Waals surface area contributed by atoms with E-state index in [9.17, 15) is 8.42 Å². The number of aryl methyl sites for hydroxylation is 3. The Balaban J connectivity index is 1.88. The Hall–Kier alpha value is -2.74. The number of sulfone groups is 1. The first-order chi connectivity index (χ1) is 13.6. The number of hydrogen-bond donors (Lipinski definition) is 1. The second kappa shape index (κ2) is 7.94. The van der Waals surface area contributed by atoms with Crippen LogP contribution in [0.1, 0.15) is 42.1 Å². The van der Waals surface area contributed by atoms with Gasteiger partial charge in [-0.3, -0.25) is 4.68 Å². The van der Waals surface area contributed by atoms with Crippen molar-refractivity contribution in [2.45, 2.75) is 51.2 Å². The van der Waals surface area contributed by atoms with Gasteiger partial charge >= 0.3 is 0 Å². The van der Waals surface area contributed by atoms with Crippen molar-refractivity contribution < 1.29 is 8.42 Å². The SMILES string of the molecule is Cc1ccc(Cc2nccc(Nc3c(C)c(C)nn3C)n2)cc1S(=O)(=O)C(C)C. The van der Waals surface area contributed by atoms with Crippen LogP contribution in [0.2, 0.25) is 0 Å². The molecular weight excluding hydrogens is 386 g/mol. The summed E-state index contributed by atoms with van der Waals surface area (Å²) in [4.78, 5) is 9.32. The highest BCUT2D eigenvalue weighted by atomic mass is 32.2. The molecule has 154 valence electrons. The number of nitrogens with one attached hydrogen (secondary N) is 1. The molecule has 3 rings (SSSR count). The molecular formula is C21H27N5O2S. The van der Waals surface area contributed by atoms with Crippen LogP contribution in [0.5, 0.6) is 0 Å². The van der Waals surface area contributed by atoms with Gasteiger partial charge in [-0.1, -0.05) is 12.1 Å². The molecule has 29 heavy (non-hydrogen) atoms. The Morgan fingerprint density at radius 3 is 2.48 bits per heavy atom. The zero-order valence-electron chi connectivity index (χ0n) is 17.7. The Kier molecular flexibility index (Phi) is 5.75. The molecule has 2 aromatic heterocycles. The lowest BCUT2D eigenvalue weighted by Gasteiger charge is -2.13. The van der Waals surface area contributed by atoms with E-state index in [1.165, 1.54) is 0 Å². The van der Waals surface area contributed by atoms with Gasteiger partial charge in [0.15, 0.2) is 9.84 Å². The van der Waals surface area contributed by atoms with E-state index in [2.05, 4.69) is 20.4 Å². The highest BCUT2D eigenvalue weighted by Gasteiger charge is 2.21. The highest BCUT2D eigenvalue weighted by Crippen LogP contribution is 2.24. The lowest BCUT2D eigenvalue weighted by molar-refractivity contribution is 0.586. The number of anilines is 2. The number of aromatic nitrogens is 4. The van der Waals surface area contributed by atoms with Gasteiger partial charge in [0.2, 0.25) is 0 Å². The highest BCUT2D eigenvalue weighted by molar-refractivity contribution is 7.92. The number of benzene rings is 1. The van der Waals surface area contributed by atoms with Crippen molar-refractivity contribution in [1.82, 2.24) is 19.7 Å². The van der Waals surface area contributed by atoms with E-state index >= 15 is 0 Å². The molecule has 1 aromatic carbocycles. The van der Waals surface area contributed by atoms with Crippen LogP contribution in [0.15, 0.2) is 35.4 Å². The monoisotopic (exact) mass is 413 g/mol. The molecule has 0 saturated heterocycles. The van der Waals surface area contributed by atoms with Gasteiger partial charge in [-0.15, -0.1) is 0 Å². The molecule has 0 amide bonds. The minimum absolute atomic E-state index is 0.375. The van der Waals surface area contributed by atoms with Crippen LogP contribution < -0.4 is 5.32 Å². The van der Waals surface area contributed by atoms with E-state index in [1.54, 1.807) is 36.9 Å². The first-order valence-corrected chi connectivity index (χ1v) is 11.1. The van der Waals surface area contributed by atoms with Crippen molar-refractivity contribution in [2.24, 2.45) is 7.05 Å². The van der Waals surface area contributed by atoms with E-state index in [0.717, 1.165) is 28.2 Å². The van der Waals surface area contributed by atoms with Gasteiger partial charge in [0, 0.05) is 25.2 Å². The van der Waals surface area contributed by atoms with Crippen LogP contribution >= 0.6 is 0 Å². The summed E-state index contributed by atoms with van der Waals surface area (Å²) in [6.07, 6.45) is 2.14. The minimum Gasteiger partial charge on any atom is -0.325 e. The summed E-state index contributed by atoms with van der Waals surface area (Å²) in [5, 5.41) is 7.24. The Morgan fingerprint density at radius 1 is 1.14 bits per heavy atom. The maximum Gasteiger partial charge on any atom is 0.180 e. The number of hydrogen-bond acceptors (Lipinski definition) is 6. The van der Waals surface area contributed by atoms with Crippen molar-refractivity contribution in [3.63, 3.8) is 0 Å². The van der Waals surface area contributed by atoms with Crippen LogP contribution in [0.4, 0.5) is 11.6 Å². The molecule has 1 N–H and O–H groups in total. The lowest BCUT2D eigenvalue weighted by atomic mass is 10.1. The van der Waals surface area contributed by atoms with Crippen LogP contribution in [-0.2, 0) is 23.3 Å². The van der Waals surface area contributed by atoms with Crippen LogP contribution in [0.3, 0.4) is 0 Å². The molecule has 0 unspecified atom stereocenters. The molecule has 0 fully saturated rings. The molecule has 2 heterocycles. The molecule has 0 atom stereocenters. The van der Waals surface area contributed by atoms with E-state index < -0.39 is 15.1 Å². The van der Waals surface area contributed by atoms with Crippen molar-refractivity contribution in [3.05, 3.63) is 58.7 Å². The molecule has 0 aliphatic carbocycles. The quantitative estimate of drug-likeness (QED) is 0.663. The summed E-state index contributed by atoms with van der Waals surface area (Å²) in [7, 11) is -1.46. The first kappa shape index (κ1) is 21.0. The standard InChI is InChI=1S/C21H27N5O2S/c1-13(2)29(27,28)18-11-17(8-7-14(18)3)12-20-22-10-9-19(23-20)24-21-15(4)16(5)25-26(21)6/h7-11,13H,12H2,1-6H3,(H,22,23,24). The average Bonchev–Trinajstić information content (AvgIpc) is 2.89. The van der Waals surface area contributed by atoms with Gasteiger partial charge in [0.1, 0.15) is 17.5 Å². The van der Waals surface area contributed by atoms with Crippen LogP contribution in [0.25, 0.3) is 0 Å². The summed E-state index contributed by atoms with van der Waals surface area (Å²) in [6.45, 7) is 9.18. The lowest BCUT2D eigenvalue weighted by Crippen LogP contribution is -2.15. The molecule has 8 heteroatoms. The molecule has 0 radical (unpaired) electrons. The molecule has 0 aliphatic rings. The maximum atomic E-state index is 12.6.